The van der Waals surface area contributed by atoms with Gasteiger partial charge in [0, 0.05) is 18.3 Å². The highest BCUT2D eigenvalue weighted by molar-refractivity contribution is 5.90. The van der Waals surface area contributed by atoms with E-state index in [0.29, 0.717) is 11.4 Å². The zero-order valence-electron chi connectivity index (χ0n) is 11.1. The summed E-state index contributed by atoms with van der Waals surface area (Å²) in [7, 11) is 1.93. The van der Waals surface area contributed by atoms with Crippen LogP contribution in [0.3, 0.4) is 0 Å². The molecule has 1 N–H and O–H groups in total. The summed E-state index contributed by atoms with van der Waals surface area (Å²) < 4.78 is 0. The number of hydrogen-bond donors (Lipinski definition) is 1. The highest BCUT2D eigenvalue weighted by atomic mass is 16.6. The minimum Gasteiger partial charge on any atom is -0.317 e. The van der Waals surface area contributed by atoms with Crippen molar-refractivity contribution in [3.05, 3.63) is 46.1 Å². The van der Waals surface area contributed by atoms with Crippen LogP contribution < -0.4 is 5.32 Å². The zero-order valence-corrected chi connectivity index (χ0v) is 11.1. The van der Waals surface area contributed by atoms with E-state index >= 15 is 0 Å². The molecule has 0 spiro atoms. The van der Waals surface area contributed by atoms with Crippen LogP contribution in [0.5, 0.6) is 0 Å². The lowest BCUT2D eigenvalue weighted by Gasteiger charge is -2.14. The molecule has 0 saturated heterocycles. The second kappa shape index (κ2) is 5.75. The van der Waals surface area contributed by atoms with E-state index in [1.807, 2.05) is 13.1 Å². The van der Waals surface area contributed by atoms with Gasteiger partial charge in [0.15, 0.2) is 0 Å². The maximum Gasteiger partial charge on any atom is 0.278 e. The molecule has 0 bridgehead atoms. The number of aromatic nitrogens is 1. The van der Waals surface area contributed by atoms with E-state index in [4.69, 9.17) is 0 Å². The Balaban J connectivity index is 2.52. The highest BCUT2D eigenvalue weighted by Crippen LogP contribution is 2.27. The molecule has 0 radical (unpaired) electrons. The quantitative estimate of drug-likeness (QED) is 0.662. The smallest absolute Gasteiger partial charge is 0.278 e. The second-order valence-corrected chi connectivity index (χ2v) is 4.50. The molecule has 5 heteroatoms. The molecule has 0 saturated carbocycles. The van der Waals surface area contributed by atoms with Crippen LogP contribution in [0.25, 0.3) is 10.9 Å². The summed E-state index contributed by atoms with van der Waals surface area (Å²) in [5.41, 5.74) is 1.89. The van der Waals surface area contributed by atoms with Crippen LogP contribution >= 0.6 is 0 Å². The summed E-state index contributed by atoms with van der Waals surface area (Å²) in [4.78, 5) is 15.0. The molecule has 0 fully saturated rings. The van der Waals surface area contributed by atoms with Crippen LogP contribution in [-0.4, -0.2) is 23.0 Å². The van der Waals surface area contributed by atoms with Crippen molar-refractivity contribution in [2.45, 2.75) is 25.8 Å². The summed E-state index contributed by atoms with van der Waals surface area (Å²) in [6.45, 7) is 2.11. The van der Waals surface area contributed by atoms with E-state index < -0.39 is 0 Å². The summed E-state index contributed by atoms with van der Waals surface area (Å²) in [5.74, 6) is 0. The summed E-state index contributed by atoms with van der Waals surface area (Å²) in [6, 6.07) is 7.22. The topological polar surface area (TPSA) is 68.1 Å². The van der Waals surface area contributed by atoms with Gasteiger partial charge in [0.2, 0.25) is 0 Å². The Labute approximate surface area is 111 Å². The fourth-order valence-corrected chi connectivity index (χ4v) is 2.26. The van der Waals surface area contributed by atoms with Crippen LogP contribution in [0, 0.1) is 10.1 Å². The second-order valence-electron chi connectivity index (χ2n) is 4.50. The van der Waals surface area contributed by atoms with Crippen LogP contribution in [0.15, 0.2) is 30.5 Å². The molecule has 2 aromatic rings. The first-order valence-corrected chi connectivity index (χ1v) is 6.35. The third kappa shape index (κ3) is 2.71. The number of nitro groups is 1. The Hall–Kier alpha value is -2.01. The molecule has 2 rings (SSSR count). The lowest BCUT2D eigenvalue weighted by atomic mass is 10.00. The number of pyridine rings is 1. The van der Waals surface area contributed by atoms with E-state index in [2.05, 4.69) is 17.2 Å². The van der Waals surface area contributed by atoms with Crippen molar-refractivity contribution in [2.75, 3.05) is 7.05 Å². The molecular weight excluding hydrogens is 242 g/mol. The average molecular weight is 259 g/mol. The number of nitrogens with one attached hydrogen (secondary N) is 1. The third-order valence-electron chi connectivity index (χ3n) is 3.39. The fraction of sp³-hybridized carbons (Fsp3) is 0.357. The fourth-order valence-electron chi connectivity index (χ4n) is 2.26. The number of rotatable bonds is 5. The van der Waals surface area contributed by atoms with Crippen molar-refractivity contribution in [2.24, 2.45) is 0 Å². The summed E-state index contributed by atoms with van der Waals surface area (Å²) >= 11 is 0. The molecule has 0 aliphatic carbocycles. The van der Waals surface area contributed by atoms with Gasteiger partial charge < -0.3 is 5.32 Å². The Kier molecular flexibility index (Phi) is 4.06. The molecule has 100 valence electrons. The highest BCUT2D eigenvalue weighted by Gasteiger charge is 2.16. The van der Waals surface area contributed by atoms with Gasteiger partial charge in [-0.25, -0.2) is 0 Å². The molecule has 1 unspecified atom stereocenters. The Morgan fingerprint density at radius 2 is 2.21 bits per heavy atom. The van der Waals surface area contributed by atoms with E-state index in [1.165, 1.54) is 0 Å². The molecular formula is C14H17N3O2. The number of likely N-dealkylation sites (N-methyl/N-ethyl adjacent to an activating group) is 1. The summed E-state index contributed by atoms with van der Waals surface area (Å²) in [5, 5.41) is 14.9. The Morgan fingerprint density at radius 3 is 2.84 bits per heavy atom. The third-order valence-corrected chi connectivity index (χ3v) is 3.39. The predicted molar refractivity (Wildman–Crippen MR) is 75.2 cm³/mol. The van der Waals surface area contributed by atoms with E-state index in [0.717, 1.165) is 23.9 Å². The summed E-state index contributed by atoms with van der Waals surface area (Å²) in [6.07, 6.45) is 3.50. The van der Waals surface area contributed by atoms with Gasteiger partial charge in [-0.3, -0.25) is 15.1 Å². The van der Waals surface area contributed by atoms with Crippen molar-refractivity contribution < 1.29 is 4.92 Å². The van der Waals surface area contributed by atoms with Gasteiger partial charge in [-0.05, 0) is 43.7 Å². The largest absolute Gasteiger partial charge is 0.317 e. The van der Waals surface area contributed by atoms with Crippen LogP contribution in [0.1, 0.15) is 18.9 Å². The molecule has 0 aliphatic heterocycles. The SMILES string of the molecule is CCC(Cc1ccc([N+](=O)[O-])c2cccnc12)NC. The lowest BCUT2D eigenvalue weighted by Crippen LogP contribution is -2.26. The van der Waals surface area contributed by atoms with Crippen LogP contribution in [-0.2, 0) is 6.42 Å². The van der Waals surface area contributed by atoms with E-state index in [-0.39, 0.29) is 10.6 Å². The van der Waals surface area contributed by atoms with Crippen molar-refractivity contribution in [1.29, 1.82) is 0 Å². The van der Waals surface area contributed by atoms with Gasteiger partial charge in [-0.2, -0.15) is 0 Å². The number of benzene rings is 1. The maximum absolute atomic E-state index is 11.0. The number of nitrogens with zero attached hydrogens (tertiary/aromatic N) is 2. The first-order valence-electron chi connectivity index (χ1n) is 6.35. The van der Waals surface area contributed by atoms with Crippen LogP contribution in [0.4, 0.5) is 5.69 Å². The lowest BCUT2D eigenvalue weighted by molar-refractivity contribution is -0.383. The minimum atomic E-state index is -0.358. The standard InChI is InChI=1S/C14H17N3O2/c1-3-11(15-2)9-10-6-7-13(17(18)19)12-5-4-8-16-14(10)12/h4-8,11,15H,3,9H2,1-2H3. The maximum atomic E-state index is 11.0. The average Bonchev–Trinajstić information content (AvgIpc) is 2.44. The predicted octanol–water partition coefficient (Wildman–Crippen LogP) is 2.68. The van der Waals surface area contributed by atoms with Gasteiger partial charge in [-0.15, -0.1) is 0 Å². The zero-order chi connectivity index (χ0) is 13.8. The van der Waals surface area contributed by atoms with Crippen molar-refractivity contribution in [3.63, 3.8) is 0 Å². The van der Waals surface area contributed by atoms with Gasteiger partial charge in [0.1, 0.15) is 0 Å². The van der Waals surface area contributed by atoms with E-state index in [1.54, 1.807) is 24.4 Å². The monoisotopic (exact) mass is 259 g/mol. The minimum absolute atomic E-state index is 0.115. The van der Waals surface area contributed by atoms with Crippen LogP contribution in [0.2, 0.25) is 0 Å². The first kappa shape index (κ1) is 13.4. The first-order chi connectivity index (χ1) is 9.17. The molecule has 0 amide bonds. The van der Waals surface area contributed by atoms with Gasteiger partial charge in [-0.1, -0.05) is 6.92 Å². The molecule has 0 aliphatic rings. The molecule has 1 heterocycles. The number of hydrogen-bond acceptors (Lipinski definition) is 4. The molecule has 1 aromatic heterocycles. The van der Waals surface area contributed by atoms with Gasteiger partial charge in [0.05, 0.1) is 15.8 Å². The number of fused-ring (bicyclic) bond motifs is 1. The molecule has 5 nitrogen and oxygen atoms in total. The molecule has 19 heavy (non-hydrogen) atoms. The molecule has 1 aromatic carbocycles. The van der Waals surface area contributed by atoms with Crippen molar-refractivity contribution >= 4 is 16.6 Å². The van der Waals surface area contributed by atoms with Gasteiger partial charge >= 0.3 is 0 Å². The number of non-ortho nitro benzene ring substituents is 1. The Bertz CT molecular complexity index is 594. The van der Waals surface area contributed by atoms with Gasteiger partial charge in [0.25, 0.3) is 5.69 Å². The van der Waals surface area contributed by atoms with E-state index in [9.17, 15) is 10.1 Å². The van der Waals surface area contributed by atoms with Crippen molar-refractivity contribution in [3.8, 4) is 0 Å². The van der Waals surface area contributed by atoms with Crippen molar-refractivity contribution in [1.82, 2.24) is 10.3 Å². The normalized spacial score (nSPS) is 12.5. The number of nitro benzene ring substituents is 1. The molecule has 1 atom stereocenters. The Morgan fingerprint density at radius 1 is 1.42 bits per heavy atom.